The van der Waals surface area contributed by atoms with Crippen LogP contribution in [0.1, 0.15) is 71.9 Å². The Morgan fingerprint density at radius 1 is 1.08 bits per heavy atom. The fraction of sp³-hybridized carbons (Fsp3) is 0.667. The smallest absolute Gasteiger partial charge is 0.329 e. The van der Waals surface area contributed by atoms with Crippen LogP contribution in [0.15, 0.2) is 23.1 Å². The van der Waals surface area contributed by atoms with Crippen molar-refractivity contribution in [1.82, 2.24) is 0 Å². The van der Waals surface area contributed by atoms with Crippen molar-refractivity contribution in [2.45, 2.75) is 87.9 Å². The molecule has 1 aromatic carbocycles. The first-order valence-corrected chi connectivity index (χ1v) is 9.99. The van der Waals surface area contributed by atoms with Gasteiger partial charge >= 0.3 is 5.97 Å². The molecule has 140 valence electrons. The molecule has 0 heterocycles. The Morgan fingerprint density at radius 2 is 1.64 bits per heavy atom. The molecule has 3 nitrogen and oxygen atoms in total. The van der Waals surface area contributed by atoms with E-state index in [1.165, 1.54) is 16.0 Å². The fourth-order valence-electron chi connectivity index (χ4n) is 3.07. The van der Waals surface area contributed by atoms with Crippen molar-refractivity contribution in [2.24, 2.45) is 0 Å². The van der Waals surface area contributed by atoms with Crippen molar-refractivity contribution in [1.29, 1.82) is 0 Å². The van der Waals surface area contributed by atoms with Gasteiger partial charge < -0.3 is 9.84 Å². The summed E-state index contributed by atoms with van der Waals surface area (Å²) in [6.07, 6.45) is 3.06. The van der Waals surface area contributed by atoms with E-state index in [1.807, 2.05) is 11.8 Å². The molecule has 2 unspecified atom stereocenters. The number of carboxylic acid groups (broad SMARTS) is 1. The van der Waals surface area contributed by atoms with Crippen molar-refractivity contribution in [3.05, 3.63) is 29.3 Å². The van der Waals surface area contributed by atoms with Gasteiger partial charge in [-0.1, -0.05) is 47.6 Å². The normalized spacial score (nSPS) is 21.5. The Labute approximate surface area is 156 Å². The second-order valence-corrected chi connectivity index (χ2v) is 10.5. The summed E-state index contributed by atoms with van der Waals surface area (Å²) in [5.41, 5.74) is 3.00. The number of ether oxygens (including phenoxy) is 1. The highest BCUT2D eigenvalue weighted by Gasteiger charge is 2.28. The molecule has 2 rings (SSSR count). The van der Waals surface area contributed by atoms with Crippen LogP contribution in [0.5, 0.6) is 0 Å². The van der Waals surface area contributed by atoms with E-state index in [4.69, 9.17) is 9.84 Å². The predicted octanol–water partition coefficient (Wildman–Crippen LogP) is 5.40. The van der Waals surface area contributed by atoms with Gasteiger partial charge in [0.2, 0.25) is 0 Å². The van der Waals surface area contributed by atoms with Crippen molar-refractivity contribution in [3.8, 4) is 0 Å². The Hall–Kier alpha value is -1.00. The minimum atomic E-state index is -0.885. The molecular weight excluding hydrogens is 332 g/mol. The molecule has 1 aliphatic rings. The van der Waals surface area contributed by atoms with Crippen molar-refractivity contribution in [3.63, 3.8) is 0 Å². The number of thioether (sulfide) groups is 1. The summed E-state index contributed by atoms with van der Waals surface area (Å²) in [7, 11) is 0. The maximum atomic E-state index is 10.7. The number of aliphatic carboxylic acids is 1. The average molecular weight is 365 g/mol. The molecule has 0 amide bonds. The summed E-state index contributed by atoms with van der Waals surface area (Å²) in [6.45, 7) is 13.4. The van der Waals surface area contributed by atoms with Gasteiger partial charge in [-0.05, 0) is 53.4 Å². The van der Waals surface area contributed by atoms with Crippen LogP contribution in [0, 0.1) is 0 Å². The topological polar surface area (TPSA) is 46.5 Å². The SMILES string of the molecule is CC(C)(C)c1cc(SC2CCC(OCC(=O)O)C2)cc(C(C)(C)C)c1. The summed E-state index contributed by atoms with van der Waals surface area (Å²) < 4.78 is 5.48. The van der Waals surface area contributed by atoms with Gasteiger partial charge in [0.25, 0.3) is 0 Å². The molecule has 2 atom stereocenters. The van der Waals surface area contributed by atoms with E-state index in [0.29, 0.717) is 5.25 Å². The molecule has 1 aromatic rings. The maximum Gasteiger partial charge on any atom is 0.329 e. The van der Waals surface area contributed by atoms with Crippen LogP contribution in [0.25, 0.3) is 0 Å². The van der Waals surface area contributed by atoms with Gasteiger partial charge in [0.1, 0.15) is 6.61 Å². The van der Waals surface area contributed by atoms with E-state index in [1.54, 1.807) is 0 Å². The van der Waals surface area contributed by atoms with Gasteiger partial charge in [0, 0.05) is 10.1 Å². The first-order chi connectivity index (χ1) is 11.4. The van der Waals surface area contributed by atoms with Gasteiger partial charge in [-0.2, -0.15) is 0 Å². The molecule has 0 aromatic heterocycles. The van der Waals surface area contributed by atoms with E-state index < -0.39 is 5.97 Å². The van der Waals surface area contributed by atoms with E-state index >= 15 is 0 Å². The van der Waals surface area contributed by atoms with E-state index in [2.05, 4.69) is 59.7 Å². The molecule has 1 N–H and O–H groups in total. The molecule has 0 aliphatic heterocycles. The van der Waals surface area contributed by atoms with Crippen molar-refractivity contribution >= 4 is 17.7 Å². The highest BCUT2D eigenvalue weighted by atomic mass is 32.2. The van der Waals surface area contributed by atoms with Crippen LogP contribution in [0.2, 0.25) is 0 Å². The van der Waals surface area contributed by atoms with Crippen LogP contribution in [-0.2, 0) is 20.4 Å². The average Bonchev–Trinajstić information content (AvgIpc) is 2.90. The Bertz CT molecular complexity index is 578. The standard InChI is InChI=1S/C21H32O3S/c1-20(2,3)14-9-15(21(4,5)6)11-18(10-14)25-17-8-7-16(12-17)24-13-19(22)23/h9-11,16-17H,7-8,12-13H2,1-6H3,(H,22,23). The maximum absolute atomic E-state index is 10.7. The van der Waals surface area contributed by atoms with Gasteiger partial charge in [-0.3, -0.25) is 0 Å². The van der Waals surface area contributed by atoms with Gasteiger partial charge in [-0.15, -0.1) is 11.8 Å². The monoisotopic (exact) mass is 364 g/mol. The van der Waals surface area contributed by atoms with Gasteiger partial charge in [-0.25, -0.2) is 4.79 Å². The highest BCUT2D eigenvalue weighted by Crippen LogP contribution is 2.39. The number of hydrogen-bond acceptors (Lipinski definition) is 3. The number of hydrogen-bond donors (Lipinski definition) is 1. The molecule has 25 heavy (non-hydrogen) atoms. The van der Waals surface area contributed by atoms with Crippen LogP contribution in [0.3, 0.4) is 0 Å². The number of carbonyl (C=O) groups is 1. The van der Waals surface area contributed by atoms with Gasteiger partial charge in [0.05, 0.1) is 6.10 Å². The van der Waals surface area contributed by atoms with Crippen LogP contribution < -0.4 is 0 Å². The molecule has 1 aliphatic carbocycles. The summed E-state index contributed by atoms with van der Waals surface area (Å²) >= 11 is 1.92. The molecule has 0 radical (unpaired) electrons. The lowest BCUT2D eigenvalue weighted by atomic mass is 9.81. The summed E-state index contributed by atoms with van der Waals surface area (Å²) in [4.78, 5) is 12.0. The highest BCUT2D eigenvalue weighted by molar-refractivity contribution is 8.00. The summed E-state index contributed by atoms with van der Waals surface area (Å²) in [5, 5.41) is 9.26. The third-order valence-electron chi connectivity index (χ3n) is 4.72. The Kier molecular flexibility index (Phi) is 6.26. The quantitative estimate of drug-likeness (QED) is 0.760. The summed E-state index contributed by atoms with van der Waals surface area (Å²) in [6, 6.07) is 6.99. The number of carboxylic acids is 1. The fourth-order valence-corrected chi connectivity index (χ4v) is 4.41. The zero-order valence-corrected chi connectivity index (χ0v) is 17.2. The molecule has 1 fully saturated rings. The van der Waals surface area contributed by atoms with Crippen molar-refractivity contribution in [2.75, 3.05) is 6.61 Å². The van der Waals surface area contributed by atoms with Gasteiger partial charge in [0.15, 0.2) is 0 Å². The van der Waals surface area contributed by atoms with Crippen LogP contribution in [-0.4, -0.2) is 29.0 Å². The van der Waals surface area contributed by atoms with E-state index in [0.717, 1.165) is 19.3 Å². The molecule has 1 saturated carbocycles. The predicted molar refractivity (Wildman–Crippen MR) is 105 cm³/mol. The number of rotatable bonds is 5. The minimum Gasteiger partial charge on any atom is -0.480 e. The lowest BCUT2D eigenvalue weighted by Crippen LogP contribution is -2.17. The first-order valence-electron chi connectivity index (χ1n) is 9.11. The second kappa shape index (κ2) is 7.71. The third-order valence-corrected chi connectivity index (χ3v) is 5.99. The molecule has 0 bridgehead atoms. The summed E-state index contributed by atoms with van der Waals surface area (Å²) in [5.74, 6) is -0.885. The molecular formula is C21H32O3S. The lowest BCUT2D eigenvalue weighted by Gasteiger charge is -2.26. The molecule has 0 saturated heterocycles. The van der Waals surface area contributed by atoms with Crippen LogP contribution >= 0.6 is 11.8 Å². The van der Waals surface area contributed by atoms with E-state index in [-0.39, 0.29) is 23.5 Å². The second-order valence-electron chi connectivity index (χ2n) is 9.13. The molecule has 4 heteroatoms. The Balaban J connectivity index is 2.12. The Morgan fingerprint density at radius 3 is 2.12 bits per heavy atom. The minimum absolute atomic E-state index is 0.0847. The third kappa shape index (κ3) is 6.03. The van der Waals surface area contributed by atoms with Crippen LogP contribution in [0.4, 0.5) is 0 Å². The molecule has 0 spiro atoms. The first kappa shape index (κ1) is 20.3. The zero-order valence-electron chi connectivity index (χ0n) is 16.4. The van der Waals surface area contributed by atoms with Crippen molar-refractivity contribution < 1.29 is 14.6 Å². The lowest BCUT2D eigenvalue weighted by molar-refractivity contribution is -0.144. The van der Waals surface area contributed by atoms with E-state index in [9.17, 15) is 4.79 Å². The largest absolute Gasteiger partial charge is 0.480 e. The zero-order chi connectivity index (χ0) is 18.8. The number of benzene rings is 1.